The van der Waals surface area contributed by atoms with Crippen molar-refractivity contribution in [3.63, 3.8) is 0 Å². The molecule has 0 atom stereocenters. The third-order valence-corrected chi connectivity index (χ3v) is 3.88. The summed E-state index contributed by atoms with van der Waals surface area (Å²) in [5, 5.41) is 0.155. The molecule has 0 fully saturated rings. The summed E-state index contributed by atoms with van der Waals surface area (Å²) in [6.07, 6.45) is 0. The minimum atomic E-state index is -0.761. The number of carbonyl (C=O) groups excluding carboxylic acids is 1. The van der Waals surface area contributed by atoms with E-state index in [1.807, 2.05) is 0 Å². The summed E-state index contributed by atoms with van der Waals surface area (Å²) in [7, 11) is 1.22. The SMILES string of the molecule is COC(=O)c1c(-c2ccc(Br)cc2)[nH]c2c(F)cc(F)cc12. The first-order chi connectivity index (χ1) is 10.5. The molecule has 0 unspecified atom stereocenters. The predicted molar refractivity (Wildman–Crippen MR) is 82.7 cm³/mol. The normalized spacial score (nSPS) is 10.9. The zero-order valence-corrected chi connectivity index (χ0v) is 13.0. The Labute approximate surface area is 133 Å². The number of rotatable bonds is 2. The summed E-state index contributed by atoms with van der Waals surface area (Å²) < 4.78 is 33.1. The standard InChI is InChI=1S/C16H10BrF2NO2/c1-22-16(21)13-11-6-10(18)7-12(19)15(11)20-14(13)8-2-4-9(17)5-3-8/h2-7,20H,1H3. The zero-order valence-electron chi connectivity index (χ0n) is 11.4. The van der Waals surface area contributed by atoms with Crippen LogP contribution < -0.4 is 0 Å². The lowest BCUT2D eigenvalue weighted by Gasteiger charge is -2.03. The number of aromatic nitrogens is 1. The topological polar surface area (TPSA) is 42.1 Å². The van der Waals surface area contributed by atoms with E-state index in [2.05, 4.69) is 20.9 Å². The molecule has 1 heterocycles. The fourth-order valence-corrected chi connectivity index (χ4v) is 2.63. The summed E-state index contributed by atoms with van der Waals surface area (Å²) in [6.45, 7) is 0. The molecule has 0 aliphatic carbocycles. The maximum Gasteiger partial charge on any atom is 0.340 e. The van der Waals surface area contributed by atoms with Crippen molar-refractivity contribution in [1.29, 1.82) is 0 Å². The lowest BCUT2D eigenvalue weighted by atomic mass is 10.1. The Balaban J connectivity index is 2.36. The Hall–Kier alpha value is -2.21. The average molecular weight is 366 g/mol. The number of methoxy groups -OCH3 is 1. The van der Waals surface area contributed by atoms with Gasteiger partial charge in [-0.25, -0.2) is 13.6 Å². The van der Waals surface area contributed by atoms with Crippen LogP contribution in [0.2, 0.25) is 0 Å². The van der Waals surface area contributed by atoms with E-state index in [1.54, 1.807) is 24.3 Å². The van der Waals surface area contributed by atoms with Gasteiger partial charge in [-0.15, -0.1) is 0 Å². The number of hydrogen-bond donors (Lipinski definition) is 1. The molecule has 112 valence electrons. The van der Waals surface area contributed by atoms with Crippen molar-refractivity contribution in [3.05, 3.63) is 58.1 Å². The number of fused-ring (bicyclic) bond motifs is 1. The second-order valence-corrected chi connectivity index (χ2v) is 5.60. The minimum absolute atomic E-state index is 0.0692. The van der Waals surface area contributed by atoms with Gasteiger partial charge in [-0.2, -0.15) is 0 Å². The van der Waals surface area contributed by atoms with Gasteiger partial charge in [0.05, 0.1) is 23.9 Å². The lowest BCUT2D eigenvalue weighted by Crippen LogP contribution is -2.02. The quantitative estimate of drug-likeness (QED) is 0.671. The minimum Gasteiger partial charge on any atom is -0.465 e. The number of H-pyrrole nitrogens is 1. The van der Waals surface area contributed by atoms with Crippen molar-refractivity contribution < 1.29 is 18.3 Å². The molecule has 3 aromatic rings. The van der Waals surface area contributed by atoms with Crippen LogP contribution in [0.1, 0.15) is 10.4 Å². The molecule has 6 heteroatoms. The van der Waals surface area contributed by atoms with Gasteiger partial charge >= 0.3 is 5.97 Å². The van der Waals surface area contributed by atoms with E-state index >= 15 is 0 Å². The second-order valence-electron chi connectivity index (χ2n) is 4.68. The van der Waals surface area contributed by atoms with Crippen LogP contribution in [0.25, 0.3) is 22.2 Å². The average Bonchev–Trinajstić information content (AvgIpc) is 2.87. The summed E-state index contributed by atoms with van der Waals surface area (Å²) in [4.78, 5) is 14.9. The van der Waals surface area contributed by atoms with Gasteiger partial charge in [0.1, 0.15) is 11.6 Å². The van der Waals surface area contributed by atoms with Gasteiger partial charge in [0.25, 0.3) is 0 Å². The molecular weight excluding hydrogens is 356 g/mol. The number of hydrogen-bond acceptors (Lipinski definition) is 2. The number of esters is 1. The van der Waals surface area contributed by atoms with Crippen LogP contribution in [0, 0.1) is 11.6 Å². The molecule has 0 aliphatic heterocycles. The molecule has 0 radical (unpaired) electrons. The Morgan fingerprint density at radius 2 is 1.86 bits per heavy atom. The fourth-order valence-electron chi connectivity index (χ4n) is 2.37. The highest BCUT2D eigenvalue weighted by Crippen LogP contribution is 2.33. The molecule has 0 saturated carbocycles. The van der Waals surface area contributed by atoms with Crippen molar-refractivity contribution in [2.45, 2.75) is 0 Å². The molecule has 3 rings (SSSR count). The number of nitrogens with one attached hydrogen (secondary N) is 1. The van der Waals surface area contributed by atoms with Crippen molar-refractivity contribution >= 4 is 32.8 Å². The van der Waals surface area contributed by atoms with Crippen LogP contribution in [-0.2, 0) is 4.74 Å². The highest BCUT2D eigenvalue weighted by molar-refractivity contribution is 9.10. The van der Waals surface area contributed by atoms with Crippen LogP contribution in [0.4, 0.5) is 8.78 Å². The summed E-state index contributed by atoms with van der Waals surface area (Å²) in [5.74, 6) is -2.17. The van der Waals surface area contributed by atoms with Gasteiger partial charge in [0.2, 0.25) is 0 Å². The highest BCUT2D eigenvalue weighted by Gasteiger charge is 2.22. The molecule has 0 aliphatic rings. The van der Waals surface area contributed by atoms with E-state index in [0.29, 0.717) is 11.3 Å². The summed E-state index contributed by atoms with van der Waals surface area (Å²) in [6, 6.07) is 8.98. The van der Waals surface area contributed by atoms with Crippen LogP contribution in [-0.4, -0.2) is 18.1 Å². The van der Waals surface area contributed by atoms with Crippen molar-refractivity contribution in [2.75, 3.05) is 7.11 Å². The largest absolute Gasteiger partial charge is 0.465 e. The summed E-state index contributed by atoms with van der Waals surface area (Å²) in [5.41, 5.74) is 1.23. The maximum atomic E-state index is 14.0. The van der Waals surface area contributed by atoms with E-state index in [9.17, 15) is 13.6 Å². The predicted octanol–water partition coefficient (Wildman–Crippen LogP) is 4.66. The number of benzene rings is 2. The van der Waals surface area contributed by atoms with E-state index < -0.39 is 17.6 Å². The fraction of sp³-hybridized carbons (Fsp3) is 0.0625. The Morgan fingerprint density at radius 3 is 2.50 bits per heavy atom. The van der Waals surface area contributed by atoms with Crippen molar-refractivity contribution in [3.8, 4) is 11.3 Å². The van der Waals surface area contributed by atoms with Crippen LogP contribution in [0.15, 0.2) is 40.9 Å². The van der Waals surface area contributed by atoms with E-state index in [1.165, 1.54) is 7.11 Å². The maximum absolute atomic E-state index is 14.0. The van der Waals surface area contributed by atoms with Gasteiger partial charge in [0, 0.05) is 15.9 Å². The smallest absolute Gasteiger partial charge is 0.340 e. The van der Waals surface area contributed by atoms with E-state index in [4.69, 9.17) is 4.74 Å². The number of carbonyl (C=O) groups is 1. The first-order valence-electron chi connectivity index (χ1n) is 6.36. The Kier molecular flexibility index (Phi) is 3.70. The van der Waals surface area contributed by atoms with Gasteiger partial charge in [0.15, 0.2) is 0 Å². The van der Waals surface area contributed by atoms with Crippen LogP contribution in [0.3, 0.4) is 0 Å². The monoisotopic (exact) mass is 365 g/mol. The molecule has 0 spiro atoms. The number of aromatic amines is 1. The zero-order chi connectivity index (χ0) is 15.9. The molecule has 0 saturated heterocycles. The van der Waals surface area contributed by atoms with Gasteiger partial charge in [-0.1, -0.05) is 28.1 Å². The van der Waals surface area contributed by atoms with Crippen LogP contribution >= 0.6 is 15.9 Å². The highest BCUT2D eigenvalue weighted by atomic mass is 79.9. The number of halogens is 3. The molecule has 22 heavy (non-hydrogen) atoms. The van der Waals surface area contributed by atoms with E-state index in [-0.39, 0.29) is 16.5 Å². The molecule has 2 aromatic carbocycles. The van der Waals surface area contributed by atoms with Crippen molar-refractivity contribution in [1.82, 2.24) is 4.98 Å². The third-order valence-electron chi connectivity index (χ3n) is 3.35. The Bertz CT molecular complexity index is 872. The van der Waals surface area contributed by atoms with Gasteiger partial charge in [-0.05, 0) is 23.8 Å². The second kappa shape index (κ2) is 5.53. The van der Waals surface area contributed by atoms with Gasteiger partial charge in [-0.3, -0.25) is 0 Å². The first-order valence-corrected chi connectivity index (χ1v) is 7.15. The molecule has 1 aromatic heterocycles. The molecule has 1 N–H and O–H groups in total. The van der Waals surface area contributed by atoms with Crippen LogP contribution in [0.5, 0.6) is 0 Å². The van der Waals surface area contributed by atoms with E-state index in [0.717, 1.165) is 16.6 Å². The molecule has 0 amide bonds. The summed E-state index contributed by atoms with van der Waals surface area (Å²) >= 11 is 3.32. The molecule has 3 nitrogen and oxygen atoms in total. The van der Waals surface area contributed by atoms with Crippen molar-refractivity contribution in [2.24, 2.45) is 0 Å². The number of ether oxygens (including phenoxy) is 1. The van der Waals surface area contributed by atoms with Gasteiger partial charge < -0.3 is 9.72 Å². The molecule has 0 bridgehead atoms. The Morgan fingerprint density at radius 1 is 1.18 bits per heavy atom. The lowest BCUT2D eigenvalue weighted by molar-refractivity contribution is 0.0604. The first kappa shape index (κ1) is 14.7. The third kappa shape index (κ3) is 2.39. The molecular formula is C16H10BrF2NO2.